The summed E-state index contributed by atoms with van der Waals surface area (Å²) < 4.78 is 66.9. The Morgan fingerprint density at radius 2 is 0.986 bits per heavy atom. The molecule has 69 heavy (non-hydrogen) atoms. The molecule has 3 aliphatic heterocycles. The number of nitrogens with one attached hydrogen (secondary N) is 2. The predicted molar refractivity (Wildman–Crippen MR) is 270 cm³/mol. The average molecular weight is 1080 g/mol. The second-order valence-electron chi connectivity index (χ2n) is 16.1. The van der Waals surface area contributed by atoms with E-state index >= 15 is 0 Å². The van der Waals surface area contributed by atoms with Gasteiger partial charge in [0.1, 0.15) is 5.75 Å². The van der Waals surface area contributed by atoms with Gasteiger partial charge in [-0.1, -0.05) is 118 Å². The molecule has 21 heteroatoms. The molecular formula is C48H39Cl6F3N6O5S. The van der Waals surface area contributed by atoms with Crippen molar-refractivity contribution in [2.75, 3.05) is 40.9 Å². The largest absolute Gasteiger partial charge is 0.534 e. The summed E-state index contributed by atoms with van der Waals surface area (Å²) in [5, 5.41) is 7.52. The van der Waals surface area contributed by atoms with Crippen molar-refractivity contribution in [3.8, 4) is 28.0 Å². The highest BCUT2D eigenvalue weighted by molar-refractivity contribution is 7.88. The summed E-state index contributed by atoms with van der Waals surface area (Å²) in [5.41, 5.74) is 0.592. The van der Waals surface area contributed by atoms with Crippen molar-refractivity contribution >= 4 is 120 Å². The van der Waals surface area contributed by atoms with Gasteiger partial charge in [-0.15, -0.1) is 0 Å². The highest BCUT2D eigenvalue weighted by Gasteiger charge is 2.49. The van der Waals surface area contributed by atoms with E-state index in [0.717, 1.165) is 71.3 Å². The van der Waals surface area contributed by atoms with Crippen molar-refractivity contribution in [3.63, 3.8) is 0 Å². The van der Waals surface area contributed by atoms with Crippen molar-refractivity contribution in [2.45, 2.75) is 38.5 Å². The molecule has 0 atom stereocenters. The number of hydrogen-bond acceptors (Lipinski definition) is 7. The molecule has 0 radical (unpaired) electrons. The van der Waals surface area contributed by atoms with Crippen LogP contribution in [0.4, 0.5) is 51.2 Å². The Bertz CT molecular complexity index is 3060. The Hall–Kier alpha value is -5.10. The molecule has 0 aromatic heterocycles. The summed E-state index contributed by atoms with van der Waals surface area (Å²) in [6.07, 6.45) is 0. The number of nitrogens with zero attached hydrogens (tertiary/aromatic N) is 4. The van der Waals surface area contributed by atoms with E-state index in [1.807, 2.05) is 24.3 Å². The lowest BCUT2D eigenvalue weighted by Gasteiger charge is -2.39. The molecule has 1 saturated heterocycles. The van der Waals surface area contributed by atoms with Gasteiger partial charge in [0.15, 0.2) is 0 Å². The lowest BCUT2D eigenvalue weighted by Crippen LogP contribution is -2.49. The van der Waals surface area contributed by atoms with Crippen LogP contribution in [-0.4, -0.2) is 63.1 Å². The maximum Gasteiger partial charge on any atom is 0.534 e. The van der Waals surface area contributed by atoms with Crippen LogP contribution in [0.15, 0.2) is 109 Å². The second-order valence-corrected chi connectivity index (χ2v) is 20.1. The van der Waals surface area contributed by atoms with Crippen molar-refractivity contribution in [2.24, 2.45) is 0 Å². The van der Waals surface area contributed by atoms with Gasteiger partial charge in [0.25, 0.3) is 0 Å². The molecule has 11 nitrogen and oxygen atoms in total. The number of anilines is 5. The summed E-state index contributed by atoms with van der Waals surface area (Å²) in [4.78, 5) is 33.6. The Labute approximate surface area is 426 Å². The lowest BCUT2D eigenvalue weighted by molar-refractivity contribution is -0.0500. The number of rotatable bonds is 8. The van der Waals surface area contributed by atoms with Gasteiger partial charge in [-0.25, -0.2) is 9.59 Å². The van der Waals surface area contributed by atoms with Crippen molar-refractivity contribution in [3.05, 3.63) is 150 Å². The van der Waals surface area contributed by atoms with Crippen LogP contribution in [0.25, 0.3) is 22.3 Å². The highest BCUT2D eigenvalue weighted by atomic mass is 35.5. The van der Waals surface area contributed by atoms with Crippen LogP contribution < -0.4 is 29.5 Å². The normalized spacial score (nSPS) is 15.2. The number of fused-ring (bicyclic) bond motifs is 2. The molecule has 0 unspecified atom stereocenters. The van der Waals surface area contributed by atoms with E-state index in [1.165, 1.54) is 12.1 Å². The van der Waals surface area contributed by atoms with Crippen LogP contribution >= 0.6 is 69.6 Å². The minimum Gasteiger partial charge on any atom is -0.376 e. The van der Waals surface area contributed by atoms with Crippen LogP contribution in [0.2, 0.25) is 30.1 Å². The van der Waals surface area contributed by atoms with Gasteiger partial charge in [-0.3, -0.25) is 14.7 Å². The van der Waals surface area contributed by atoms with Gasteiger partial charge in [0.05, 0.1) is 42.8 Å². The minimum absolute atomic E-state index is 0.0172. The first-order chi connectivity index (χ1) is 32.7. The zero-order valence-electron chi connectivity index (χ0n) is 36.4. The number of piperazine rings is 1. The summed E-state index contributed by atoms with van der Waals surface area (Å²) in [6, 6.07) is 29.9. The molecule has 0 spiro atoms. The summed E-state index contributed by atoms with van der Waals surface area (Å²) in [7, 11) is -6.00. The van der Waals surface area contributed by atoms with Gasteiger partial charge >= 0.3 is 27.7 Å². The quantitative estimate of drug-likeness (QED) is 0.115. The van der Waals surface area contributed by atoms with Crippen LogP contribution in [0, 0.1) is 0 Å². The van der Waals surface area contributed by atoms with Gasteiger partial charge in [0, 0.05) is 89.4 Å². The molecule has 1 fully saturated rings. The van der Waals surface area contributed by atoms with Crippen LogP contribution in [0.3, 0.4) is 0 Å². The van der Waals surface area contributed by atoms with Crippen molar-refractivity contribution < 1.29 is 35.4 Å². The van der Waals surface area contributed by atoms with Gasteiger partial charge in [-0.05, 0) is 79.6 Å². The fourth-order valence-electron chi connectivity index (χ4n) is 8.34. The number of carbonyl (C=O) groups is 2. The van der Waals surface area contributed by atoms with Crippen molar-refractivity contribution in [1.82, 2.24) is 15.5 Å². The summed E-state index contributed by atoms with van der Waals surface area (Å²) >= 11 is 38.7. The molecule has 3 heterocycles. The Kier molecular flexibility index (Phi) is 14.8. The van der Waals surface area contributed by atoms with E-state index in [0.29, 0.717) is 44.5 Å². The number of urea groups is 2. The fraction of sp³-hybridized carbons (Fsp3) is 0.208. The molecule has 0 bridgehead atoms. The summed E-state index contributed by atoms with van der Waals surface area (Å²) in [5.74, 6) is -0.686. The fourth-order valence-corrected chi connectivity index (χ4v) is 10.4. The molecule has 0 saturated carbocycles. The second kappa shape index (κ2) is 20.3. The lowest BCUT2D eigenvalue weighted by atomic mass is 9.94. The molecule has 2 N–H and O–H groups in total. The van der Waals surface area contributed by atoms with Gasteiger partial charge in [-0.2, -0.15) is 21.6 Å². The van der Waals surface area contributed by atoms with Gasteiger partial charge in [0.2, 0.25) is 0 Å². The standard InChI is InChI=1S/C27H27Cl3N4O.C21H12Cl3F3N2O4S/c1-17(2)32-10-12-33(13-11-32)18-14-20(19-6-3-4-7-22(19)28)21-16-31-27(35)34(25(21)15-18)26-23(29)8-5-9-24(26)30;22-15-5-2-1-4-12(15)13-8-11(33-34(31,32)21(25,26)27)9-18-14(13)10-28-20(30)29(18)19-16(23)6-3-7-17(19)24/h3-9,14-15,17H,10-13,16H2,1-2H3,(H,31,35);1-9H,10H2,(H,28,30). The molecule has 360 valence electrons. The summed E-state index contributed by atoms with van der Waals surface area (Å²) in [6.45, 7) is 8.57. The average Bonchev–Trinajstić information content (AvgIpc) is 3.30. The third-order valence-electron chi connectivity index (χ3n) is 11.7. The first-order valence-corrected chi connectivity index (χ1v) is 24.8. The molecule has 3 aliphatic rings. The van der Waals surface area contributed by atoms with E-state index in [2.05, 4.69) is 50.6 Å². The van der Waals surface area contributed by atoms with Crippen molar-refractivity contribution in [1.29, 1.82) is 0 Å². The molecule has 9 rings (SSSR count). The van der Waals surface area contributed by atoms with E-state index < -0.39 is 27.4 Å². The third-order valence-corrected chi connectivity index (χ3v) is 14.5. The van der Waals surface area contributed by atoms with Crippen LogP contribution in [0.1, 0.15) is 25.0 Å². The topological polar surface area (TPSA) is 115 Å². The SMILES string of the molecule is CC(C)N1CCN(c2cc(-c3ccccc3Cl)c3c(c2)N(c2c(Cl)cccc2Cl)C(=O)NC3)CC1.O=C1NCc2c(-c3ccccc3Cl)cc(OS(=O)(=O)C(F)(F)F)cc2N1c1c(Cl)cccc1Cl. The maximum atomic E-state index is 13.2. The Morgan fingerprint density at radius 1 is 0.565 bits per heavy atom. The first kappa shape index (κ1) is 50.3. The molecule has 6 aromatic rings. The monoisotopic (exact) mass is 1080 g/mol. The zero-order valence-corrected chi connectivity index (χ0v) is 41.7. The van der Waals surface area contributed by atoms with E-state index in [-0.39, 0.29) is 44.6 Å². The number of benzene rings is 6. The van der Waals surface area contributed by atoms with Gasteiger partial charge < -0.3 is 19.7 Å². The third kappa shape index (κ3) is 10.2. The number of amides is 4. The number of alkyl halides is 3. The van der Waals surface area contributed by atoms with E-state index in [9.17, 15) is 31.2 Å². The van der Waals surface area contributed by atoms with E-state index in [1.54, 1.807) is 53.4 Å². The Balaban J connectivity index is 0.000000186. The van der Waals surface area contributed by atoms with Crippen LogP contribution in [-0.2, 0) is 23.2 Å². The smallest absolute Gasteiger partial charge is 0.376 e. The zero-order chi connectivity index (χ0) is 49.5. The first-order valence-electron chi connectivity index (χ1n) is 21.1. The maximum absolute atomic E-state index is 13.2. The molecule has 0 aliphatic carbocycles. The number of halogens is 9. The Morgan fingerprint density at radius 3 is 1.42 bits per heavy atom. The van der Waals surface area contributed by atoms with Crippen LogP contribution in [0.5, 0.6) is 5.75 Å². The number of carbonyl (C=O) groups excluding carboxylic acids is 2. The number of hydrogen-bond donors (Lipinski definition) is 2. The molecular weight excluding hydrogens is 1040 g/mol. The molecule has 6 aromatic carbocycles. The highest BCUT2D eigenvalue weighted by Crippen LogP contribution is 2.48. The molecule has 4 amide bonds. The van der Waals surface area contributed by atoms with E-state index in [4.69, 9.17) is 69.6 Å². The predicted octanol–water partition coefficient (Wildman–Crippen LogP) is 14.1. The number of para-hydroxylation sites is 2. The minimum atomic E-state index is -6.00.